The number of fused-ring (bicyclic) bond motifs is 1. The summed E-state index contributed by atoms with van der Waals surface area (Å²) >= 11 is 0. The Morgan fingerprint density at radius 3 is 2.69 bits per heavy atom. The fraction of sp³-hybridized carbons (Fsp3) is 0.389. The number of amides is 2. The van der Waals surface area contributed by atoms with Crippen molar-refractivity contribution in [2.45, 2.75) is 32.4 Å². The number of carboxylic acids is 1. The zero-order chi connectivity index (χ0) is 19.5. The second-order valence-corrected chi connectivity index (χ2v) is 6.81. The van der Waals surface area contributed by atoms with Gasteiger partial charge in [0.15, 0.2) is 0 Å². The third-order valence-electron chi connectivity index (χ3n) is 3.49. The van der Waals surface area contributed by atoms with Crippen LogP contribution in [0.25, 0.3) is 6.08 Å². The number of alkyl carbamates (subject to hydrolysis) is 1. The summed E-state index contributed by atoms with van der Waals surface area (Å²) in [7, 11) is 1.56. The van der Waals surface area contributed by atoms with Crippen LogP contribution in [0.4, 0.5) is 10.5 Å². The summed E-state index contributed by atoms with van der Waals surface area (Å²) in [4.78, 5) is 36.6. The summed E-state index contributed by atoms with van der Waals surface area (Å²) in [5.74, 6) is -0.974. The lowest BCUT2D eigenvalue weighted by Gasteiger charge is -2.23. The van der Waals surface area contributed by atoms with Crippen LogP contribution >= 0.6 is 0 Å². The van der Waals surface area contributed by atoms with E-state index in [0.29, 0.717) is 17.0 Å². The van der Waals surface area contributed by atoms with Crippen LogP contribution in [0.1, 0.15) is 26.3 Å². The molecule has 0 radical (unpaired) electrons. The Kier molecular flexibility index (Phi) is 5.54. The highest BCUT2D eigenvalue weighted by Gasteiger charge is 2.31. The van der Waals surface area contributed by atoms with E-state index in [-0.39, 0.29) is 12.5 Å². The van der Waals surface area contributed by atoms with E-state index in [4.69, 9.17) is 14.6 Å². The maximum atomic E-state index is 12.7. The van der Waals surface area contributed by atoms with E-state index in [1.807, 2.05) is 0 Å². The molecule has 8 heteroatoms. The smallest absolute Gasteiger partial charge is 0.408 e. The fourth-order valence-electron chi connectivity index (χ4n) is 2.34. The van der Waals surface area contributed by atoms with Gasteiger partial charge in [-0.15, -0.1) is 0 Å². The van der Waals surface area contributed by atoms with Crippen molar-refractivity contribution in [1.82, 2.24) is 5.32 Å². The molecule has 0 spiro atoms. The highest BCUT2D eigenvalue weighted by atomic mass is 16.6. The van der Waals surface area contributed by atoms with Gasteiger partial charge in [-0.05, 0) is 44.5 Å². The molecular formula is C18H22N2O6. The summed E-state index contributed by atoms with van der Waals surface area (Å²) in [5.41, 5.74) is 0.405. The first kappa shape index (κ1) is 19.3. The number of likely N-dealkylation sites (N-methyl/N-ethyl adjacent to an activating group) is 1. The molecule has 1 aromatic rings. The van der Waals surface area contributed by atoms with Crippen molar-refractivity contribution < 1.29 is 29.0 Å². The molecule has 8 nitrogen and oxygen atoms in total. The van der Waals surface area contributed by atoms with Gasteiger partial charge >= 0.3 is 12.1 Å². The number of benzene rings is 1. The molecule has 0 fully saturated rings. The number of rotatable bonds is 3. The monoisotopic (exact) mass is 362 g/mol. The number of hydrogen-bond acceptors (Lipinski definition) is 5. The minimum absolute atomic E-state index is 0.0419. The highest BCUT2D eigenvalue weighted by molar-refractivity contribution is 6.00. The van der Waals surface area contributed by atoms with Gasteiger partial charge in [0.25, 0.3) is 5.91 Å². The molecular weight excluding hydrogens is 340 g/mol. The van der Waals surface area contributed by atoms with E-state index in [2.05, 4.69) is 5.32 Å². The molecule has 0 aliphatic carbocycles. The van der Waals surface area contributed by atoms with Crippen LogP contribution in [0.5, 0.6) is 5.75 Å². The molecule has 1 aromatic carbocycles. The van der Waals surface area contributed by atoms with E-state index in [0.717, 1.165) is 6.08 Å². The fourth-order valence-corrected chi connectivity index (χ4v) is 2.34. The van der Waals surface area contributed by atoms with Gasteiger partial charge in [-0.3, -0.25) is 4.79 Å². The summed E-state index contributed by atoms with van der Waals surface area (Å²) < 4.78 is 10.8. The van der Waals surface area contributed by atoms with Gasteiger partial charge in [0.2, 0.25) is 0 Å². The third kappa shape index (κ3) is 4.98. The Bertz CT molecular complexity index is 751. The number of ether oxygens (including phenoxy) is 2. The molecule has 2 N–H and O–H groups in total. The third-order valence-corrected chi connectivity index (χ3v) is 3.49. The lowest BCUT2D eigenvalue weighted by atomic mass is 10.1. The molecule has 26 heavy (non-hydrogen) atoms. The number of carboxylic acid groups (broad SMARTS) is 1. The second-order valence-electron chi connectivity index (χ2n) is 6.81. The van der Waals surface area contributed by atoms with Crippen LogP contribution in [0.2, 0.25) is 0 Å². The van der Waals surface area contributed by atoms with Crippen molar-refractivity contribution >= 4 is 29.7 Å². The van der Waals surface area contributed by atoms with Crippen molar-refractivity contribution in [3.63, 3.8) is 0 Å². The molecule has 1 aliphatic heterocycles. The van der Waals surface area contributed by atoms with Gasteiger partial charge in [-0.2, -0.15) is 0 Å². The van der Waals surface area contributed by atoms with Crippen LogP contribution in [0, 0.1) is 0 Å². The van der Waals surface area contributed by atoms with E-state index in [9.17, 15) is 14.4 Å². The molecule has 1 aliphatic rings. The normalized spacial score (nSPS) is 17.3. The number of anilines is 1. The first-order chi connectivity index (χ1) is 12.1. The van der Waals surface area contributed by atoms with Gasteiger partial charge < -0.3 is 24.8 Å². The van der Waals surface area contributed by atoms with Crippen molar-refractivity contribution in [3.05, 3.63) is 29.8 Å². The quantitative estimate of drug-likeness (QED) is 0.797. The number of nitrogens with one attached hydrogen (secondary N) is 1. The molecule has 0 aromatic heterocycles. The van der Waals surface area contributed by atoms with Crippen LogP contribution in [0.3, 0.4) is 0 Å². The molecule has 2 rings (SSSR count). The Hall–Kier alpha value is -3.03. The van der Waals surface area contributed by atoms with Crippen molar-refractivity contribution in [1.29, 1.82) is 0 Å². The summed E-state index contributed by atoms with van der Waals surface area (Å²) in [6, 6.07) is 4.07. The lowest BCUT2D eigenvalue weighted by molar-refractivity contribution is -0.131. The van der Waals surface area contributed by atoms with Crippen LogP contribution < -0.4 is 15.0 Å². The molecule has 0 unspecified atom stereocenters. The number of hydrogen-bond donors (Lipinski definition) is 2. The van der Waals surface area contributed by atoms with E-state index in [1.54, 1.807) is 46.0 Å². The van der Waals surface area contributed by atoms with E-state index >= 15 is 0 Å². The summed E-state index contributed by atoms with van der Waals surface area (Å²) in [5, 5.41) is 11.2. The highest BCUT2D eigenvalue weighted by Crippen LogP contribution is 2.32. The molecule has 0 bridgehead atoms. The van der Waals surface area contributed by atoms with Gasteiger partial charge in [-0.25, -0.2) is 9.59 Å². The van der Waals surface area contributed by atoms with Crippen molar-refractivity contribution in [2.24, 2.45) is 0 Å². The molecule has 140 valence electrons. The maximum absolute atomic E-state index is 12.7. The van der Waals surface area contributed by atoms with Crippen molar-refractivity contribution in [2.75, 3.05) is 18.6 Å². The number of carbonyl (C=O) groups excluding carboxylic acids is 2. The predicted molar refractivity (Wildman–Crippen MR) is 95.2 cm³/mol. The molecule has 0 saturated heterocycles. The van der Waals surface area contributed by atoms with E-state index in [1.165, 1.54) is 11.0 Å². The van der Waals surface area contributed by atoms with Crippen molar-refractivity contribution in [3.8, 4) is 5.75 Å². The van der Waals surface area contributed by atoms with Gasteiger partial charge in [-0.1, -0.05) is 6.07 Å². The summed E-state index contributed by atoms with van der Waals surface area (Å²) in [6.45, 7) is 5.14. The Morgan fingerprint density at radius 2 is 2.08 bits per heavy atom. The largest absolute Gasteiger partial charge is 0.489 e. The molecule has 1 heterocycles. The second kappa shape index (κ2) is 7.47. The first-order valence-electron chi connectivity index (χ1n) is 8.02. The SMILES string of the molecule is CN1C(=O)[C@@H](NC(=O)OC(C)(C)C)COc2ccc(/C=C/C(=O)O)cc21. The Morgan fingerprint density at radius 1 is 1.38 bits per heavy atom. The lowest BCUT2D eigenvalue weighted by Crippen LogP contribution is -2.50. The average Bonchev–Trinajstić information content (AvgIpc) is 2.63. The predicted octanol–water partition coefficient (Wildman–Crippen LogP) is 2.03. The van der Waals surface area contributed by atoms with Gasteiger partial charge in [0.05, 0.1) is 5.69 Å². The Labute approximate surface area is 151 Å². The topological polar surface area (TPSA) is 105 Å². The van der Waals surface area contributed by atoms with Crippen LogP contribution in [-0.4, -0.2) is 48.4 Å². The Balaban J connectivity index is 2.19. The zero-order valence-corrected chi connectivity index (χ0v) is 15.1. The minimum atomic E-state index is -1.07. The van der Waals surface area contributed by atoms with Crippen LogP contribution in [0.15, 0.2) is 24.3 Å². The standard InChI is InChI=1S/C18H22N2O6/c1-18(2,3)26-17(24)19-12-10-25-14-7-5-11(6-8-15(21)22)9-13(14)20(4)16(12)23/h5-9,12H,10H2,1-4H3,(H,19,24)(H,21,22)/b8-6+/t12-/m0/s1. The molecule has 2 amide bonds. The van der Waals surface area contributed by atoms with Gasteiger partial charge in [0, 0.05) is 13.1 Å². The summed E-state index contributed by atoms with van der Waals surface area (Å²) in [6.07, 6.45) is 1.72. The molecule has 0 saturated carbocycles. The minimum Gasteiger partial charge on any atom is -0.489 e. The maximum Gasteiger partial charge on any atom is 0.408 e. The number of nitrogens with zero attached hydrogens (tertiary/aromatic N) is 1. The van der Waals surface area contributed by atoms with Crippen LogP contribution in [-0.2, 0) is 14.3 Å². The van der Waals surface area contributed by atoms with E-state index < -0.39 is 23.7 Å². The zero-order valence-electron chi connectivity index (χ0n) is 15.1. The average molecular weight is 362 g/mol. The van der Waals surface area contributed by atoms with Gasteiger partial charge in [0.1, 0.15) is 24.0 Å². The first-order valence-corrected chi connectivity index (χ1v) is 8.02. The number of aliphatic carboxylic acids is 1. The molecule has 1 atom stereocenters. The number of carbonyl (C=O) groups is 3.